The topological polar surface area (TPSA) is 75.7 Å². The van der Waals surface area contributed by atoms with Crippen LogP contribution < -0.4 is 14.4 Å². The fraction of sp³-hybridized carbons (Fsp3) is 0.381. The molecule has 0 aliphatic heterocycles. The number of sulfonamides is 1. The molecule has 6 nitrogen and oxygen atoms in total. The van der Waals surface area contributed by atoms with E-state index in [0.717, 1.165) is 5.56 Å². The van der Waals surface area contributed by atoms with E-state index in [9.17, 15) is 13.2 Å². The van der Waals surface area contributed by atoms with Crippen LogP contribution in [0.3, 0.4) is 0 Å². The van der Waals surface area contributed by atoms with Gasteiger partial charge in [0.2, 0.25) is 0 Å². The summed E-state index contributed by atoms with van der Waals surface area (Å²) in [6.45, 7) is 7.83. The Bertz CT molecular complexity index is 891. The highest BCUT2D eigenvalue weighted by Gasteiger charge is 2.21. The van der Waals surface area contributed by atoms with Crippen LogP contribution in [-0.2, 0) is 14.8 Å². The SMILES string of the molecule is Cc1ccc(S(=O)(=O)N(C)c2ccc(OCC(=O)NC(C)C(C)C)cc2)cc1. The zero-order valence-electron chi connectivity index (χ0n) is 17.0. The Morgan fingerprint density at radius 1 is 1.04 bits per heavy atom. The molecule has 0 aliphatic carbocycles. The Balaban J connectivity index is 2.01. The van der Waals surface area contributed by atoms with Crippen molar-refractivity contribution in [3.63, 3.8) is 0 Å². The van der Waals surface area contributed by atoms with E-state index in [1.54, 1.807) is 48.5 Å². The number of nitrogens with zero attached hydrogens (tertiary/aromatic N) is 1. The predicted molar refractivity (Wildman–Crippen MR) is 111 cm³/mol. The van der Waals surface area contributed by atoms with Crippen LogP contribution in [0.1, 0.15) is 26.3 Å². The number of carbonyl (C=O) groups excluding carboxylic acids is 1. The van der Waals surface area contributed by atoms with Gasteiger partial charge in [0.15, 0.2) is 6.61 Å². The number of hydrogen-bond donors (Lipinski definition) is 1. The summed E-state index contributed by atoms with van der Waals surface area (Å²) in [4.78, 5) is 12.1. The number of anilines is 1. The third-order valence-corrected chi connectivity index (χ3v) is 6.44. The Labute approximate surface area is 167 Å². The third kappa shape index (κ3) is 5.48. The maximum atomic E-state index is 12.7. The average molecular weight is 405 g/mol. The predicted octanol–water partition coefficient (Wildman–Crippen LogP) is 3.36. The van der Waals surface area contributed by atoms with Crippen LogP contribution in [0, 0.1) is 12.8 Å². The zero-order valence-corrected chi connectivity index (χ0v) is 17.8. The van der Waals surface area contributed by atoms with Gasteiger partial charge in [0.1, 0.15) is 5.75 Å². The molecule has 0 saturated carbocycles. The quantitative estimate of drug-likeness (QED) is 0.732. The van der Waals surface area contributed by atoms with Crippen molar-refractivity contribution in [1.29, 1.82) is 0 Å². The van der Waals surface area contributed by atoms with Crippen molar-refractivity contribution in [1.82, 2.24) is 5.32 Å². The van der Waals surface area contributed by atoms with Crippen molar-refractivity contribution < 1.29 is 17.9 Å². The normalized spacial score (nSPS) is 12.5. The van der Waals surface area contributed by atoms with Gasteiger partial charge in [0.25, 0.3) is 15.9 Å². The number of hydrogen-bond acceptors (Lipinski definition) is 4. The van der Waals surface area contributed by atoms with Crippen molar-refractivity contribution in [3.05, 3.63) is 54.1 Å². The summed E-state index contributed by atoms with van der Waals surface area (Å²) in [5.74, 6) is 0.649. The lowest BCUT2D eigenvalue weighted by Gasteiger charge is -2.20. The van der Waals surface area contributed by atoms with Crippen molar-refractivity contribution in [2.24, 2.45) is 5.92 Å². The van der Waals surface area contributed by atoms with Gasteiger partial charge in [-0.25, -0.2) is 8.42 Å². The maximum absolute atomic E-state index is 12.7. The van der Waals surface area contributed by atoms with Gasteiger partial charge in [-0.1, -0.05) is 31.5 Å². The van der Waals surface area contributed by atoms with Crippen LogP contribution in [0.5, 0.6) is 5.75 Å². The molecular weight excluding hydrogens is 376 g/mol. The molecule has 7 heteroatoms. The second-order valence-electron chi connectivity index (χ2n) is 7.17. The third-order valence-electron chi connectivity index (χ3n) is 4.64. The molecule has 2 aromatic rings. The minimum atomic E-state index is -3.64. The minimum absolute atomic E-state index is 0.0686. The molecule has 1 amide bonds. The summed E-state index contributed by atoms with van der Waals surface area (Å²) in [6, 6.07) is 13.4. The van der Waals surface area contributed by atoms with E-state index in [1.165, 1.54) is 11.4 Å². The Morgan fingerprint density at radius 2 is 1.61 bits per heavy atom. The Morgan fingerprint density at radius 3 is 2.14 bits per heavy atom. The van der Waals surface area contributed by atoms with E-state index >= 15 is 0 Å². The number of rotatable bonds is 8. The molecule has 0 spiro atoms. The molecule has 28 heavy (non-hydrogen) atoms. The number of aryl methyl sites for hydroxylation is 1. The van der Waals surface area contributed by atoms with Gasteiger partial charge >= 0.3 is 0 Å². The number of nitrogens with one attached hydrogen (secondary N) is 1. The van der Waals surface area contributed by atoms with Crippen molar-refractivity contribution in [2.75, 3.05) is 18.0 Å². The molecule has 152 valence electrons. The molecular formula is C21H28N2O4S. The van der Waals surface area contributed by atoms with Gasteiger partial charge in [-0.2, -0.15) is 0 Å². The van der Waals surface area contributed by atoms with Gasteiger partial charge < -0.3 is 10.1 Å². The van der Waals surface area contributed by atoms with Crippen LogP contribution >= 0.6 is 0 Å². The van der Waals surface area contributed by atoms with E-state index in [0.29, 0.717) is 17.4 Å². The largest absolute Gasteiger partial charge is 0.484 e. The highest BCUT2D eigenvalue weighted by molar-refractivity contribution is 7.92. The van der Waals surface area contributed by atoms with Gasteiger partial charge in [0.05, 0.1) is 10.6 Å². The van der Waals surface area contributed by atoms with E-state index in [1.807, 2.05) is 27.7 Å². The first-order valence-corrected chi connectivity index (χ1v) is 10.6. The summed E-state index contributed by atoms with van der Waals surface area (Å²) in [5, 5.41) is 2.87. The van der Waals surface area contributed by atoms with Crippen LogP contribution in [0.25, 0.3) is 0 Å². The smallest absolute Gasteiger partial charge is 0.264 e. The molecule has 1 unspecified atom stereocenters. The number of benzene rings is 2. The second-order valence-corrected chi connectivity index (χ2v) is 9.14. The first-order valence-electron chi connectivity index (χ1n) is 9.19. The first-order chi connectivity index (χ1) is 13.1. The maximum Gasteiger partial charge on any atom is 0.264 e. The molecule has 2 rings (SSSR count). The monoisotopic (exact) mass is 404 g/mol. The lowest BCUT2D eigenvalue weighted by atomic mass is 10.1. The lowest BCUT2D eigenvalue weighted by Crippen LogP contribution is -2.38. The molecule has 2 aromatic carbocycles. The van der Waals surface area contributed by atoms with Gasteiger partial charge in [-0.3, -0.25) is 9.10 Å². The molecule has 0 fully saturated rings. The van der Waals surface area contributed by atoms with Crippen molar-refractivity contribution in [3.8, 4) is 5.75 Å². The standard InChI is InChI=1S/C21H28N2O4S/c1-15(2)17(4)22-21(24)14-27-19-10-8-18(9-11-19)23(5)28(25,26)20-12-6-16(3)7-13-20/h6-13,15,17H,14H2,1-5H3,(H,22,24). The fourth-order valence-electron chi connectivity index (χ4n) is 2.37. The number of ether oxygens (including phenoxy) is 1. The Kier molecular flexibility index (Phi) is 7.07. The van der Waals surface area contributed by atoms with Gasteiger partial charge in [-0.15, -0.1) is 0 Å². The highest BCUT2D eigenvalue weighted by Crippen LogP contribution is 2.24. The molecule has 0 aromatic heterocycles. The molecule has 0 heterocycles. The molecule has 0 aliphatic rings. The lowest BCUT2D eigenvalue weighted by molar-refractivity contribution is -0.124. The minimum Gasteiger partial charge on any atom is -0.484 e. The fourth-order valence-corrected chi connectivity index (χ4v) is 3.57. The van der Waals surface area contributed by atoms with Crippen molar-refractivity contribution in [2.45, 2.75) is 38.6 Å². The van der Waals surface area contributed by atoms with E-state index < -0.39 is 10.0 Å². The summed E-state index contributed by atoms with van der Waals surface area (Å²) in [7, 11) is -2.13. The number of carbonyl (C=O) groups is 1. The molecule has 1 N–H and O–H groups in total. The van der Waals surface area contributed by atoms with Gasteiger partial charge in [0, 0.05) is 13.1 Å². The first kappa shape index (κ1) is 21.8. The summed E-state index contributed by atoms with van der Waals surface area (Å²) in [5.41, 5.74) is 1.50. The van der Waals surface area contributed by atoms with E-state index in [4.69, 9.17) is 4.74 Å². The Hall–Kier alpha value is -2.54. The molecule has 0 radical (unpaired) electrons. The van der Waals surface area contributed by atoms with E-state index in [2.05, 4.69) is 5.32 Å². The molecule has 0 bridgehead atoms. The highest BCUT2D eigenvalue weighted by atomic mass is 32.2. The average Bonchev–Trinajstić information content (AvgIpc) is 2.66. The summed E-state index contributed by atoms with van der Waals surface area (Å²) >= 11 is 0. The molecule has 0 saturated heterocycles. The van der Waals surface area contributed by atoms with Crippen LogP contribution in [-0.4, -0.2) is 34.0 Å². The zero-order chi connectivity index (χ0) is 20.9. The van der Waals surface area contributed by atoms with Crippen LogP contribution in [0.15, 0.2) is 53.4 Å². The van der Waals surface area contributed by atoms with Crippen LogP contribution in [0.4, 0.5) is 5.69 Å². The van der Waals surface area contributed by atoms with Crippen molar-refractivity contribution >= 4 is 21.6 Å². The van der Waals surface area contributed by atoms with E-state index in [-0.39, 0.29) is 23.5 Å². The molecule has 1 atom stereocenters. The van der Waals surface area contributed by atoms with Crippen LogP contribution in [0.2, 0.25) is 0 Å². The van der Waals surface area contributed by atoms with Gasteiger partial charge in [-0.05, 0) is 56.2 Å². The second kappa shape index (κ2) is 9.10. The summed E-state index contributed by atoms with van der Waals surface area (Å²) in [6.07, 6.45) is 0. The number of amides is 1. The summed E-state index contributed by atoms with van der Waals surface area (Å²) < 4.78 is 32.2.